The van der Waals surface area contributed by atoms with E-state index in [-0.39, 0.29) is 0 Å². The van der Waals surface area contributed by atoms with E-state index in [1.807, 2.05) is 24.1 Å². The Labute approximate surface area is 108 Å². The molecular weight excluding hydrogens is 226 g/mol. The average Bonchev–Trinajstić information content (AvgIpc) is 2.95. The summed E-state index contributed by atoms with van der Waals surface area (Å²) in [6, 6.07) is 2.50. The van der Waals surface area contributed by atoms with Crippen LogP contribution in [0.15, 0.2) is 18.5 Å². The molecule has 0 aliphatic carbocycles. The first-order valence-electron chi connectivity index (χ1n) is 6.38. The molecule has 2 rings (SSSR count). The Morgan fingerprint density at radius 2 is 2.17 bits per heavy atom. The Morgan fingerprint density at radius 3 is 2.78 bits per heavy atom. The van der Waals surface area contributed by atoms with Gasteiger partial charge in [0.2, 0.25) is 0 Å². The van der Waals surface area contributed by atoms with Gasteiger partial charge in [-0.25, -0.2) is 0 Å². The fourth-order valence-electron chi connectivity index (χ4n) is 1.91. The topological polar surface area (TPSA) is 47.7 Å². The number of nitrogens with zero attached hydrogens (tertiary/aromatic N) is 4. The molecule has 0 unspecified atom stereocenters. The van der Waals surface area contributed by atoms with Gasteiger partial charge < -0.3 is 5.32 Å². The van der Waals surface area contributed by atoms with Crippen LogP contribution in [0.2, 0.25) is 0 Å². The van der Waals surface area contributed by atoms with Crippen molar-refractivity contribution in [3.8, 4) is 0 Å². The maximum atomic E-state index is 4.38. The van der Waals surface area contributed by atoms with Crippen LogP contribution in [-0.2, 0) is 13.6 Å². The van der Waals surface area contributed by atoms with Crippen LogP contribution in [0, 0.1) is 6.92 Å². The van der Waals surface area contributed by atoms with E-state index < -0.39 is 0 Å². The lowest BCUT2D eigenvalue weighted by molar-refractivity contribution is 0.462. The number of anilines is 1. The number of hydrogen-bond acceptors (Lipinski definition) is 3. The first kappa shape index (κ1) is 12.7. The Morgan fingerprint density at radius 1 is 1.39 bits per heavy atom. The van der Waals surface area contributed by atoms with Gasteiger partial charge in [0, 0.05) is 19.3 Å². The number of nitrogens with one attached hydrogen (secondary N) is 1. The Hall–Kier alpha value is -1.78. The second-order valence-corrected chi connectivity index (χ2v) is 4.65. The summed E-state index contributed by atoms with van der Waals surface area (Å²) in [6.45, 7) is 7.19. The molecule has 0 radical (unpaired) electrons. The summed E-state index contributed by atoms with van der Waals surface area (Å²) in [6.07, 6.45) is 4.80. The van der Waals surface area contributed by atoms with E-state index >= 15 is 0 Å². The second kappa shape index (κ2) is 5.25. The van der Waals surface area contributed by atoms with Crippen molar-refractivity contribution in [2.45, 2.75) is 39.8 Å². The molecule has 18 heavy (non-hydrogen) atoms. The average molecular weight is 247 g/mol. The Bertz CT molecular complexity index is 511. The quantitative estimate of drug-likeness (QED) is 0.883. The van der Waals surface area contributed by atoms with Crippen molar-refractivity contribution < 1.29 is 0 Å². The van der Waals surface area contributed by atoms with Crippen molar-refractivity contribution >= 4 is 5.69 Å². The summed E-state index contributed by atoms with van der Waals surface area (Å²) in [5.41, 5.74) is 3.42. The Kier molecular flexibility index (Phi) is 3.69. The predicted octanol–water partition coefficient (Wildman–Crippen LogP) is 2.51. The molecule has 1 N–H and O–H groups in total. The highest BCUT2D eigenvalue weighted by molar-refractivity contribution is 5.45. The molecule has 2 aromatic rings. The monoisotopic (exact) mass is 247 g/mol. The Balaban J connectivity index is 2.07. The second-order valence-electron chi connectivity index (χ2n) is 4.65. The third kappa shape index (κ3) is 2.39. The highest BCUT2D eigenvalue weighted by Gasteiger charge is 2.09. The molecule has 1 atom stereocenters. The minimum Gasteiger partial charge on any atom is -0.377 e. The molecule has 5 nitrogen and oxygen atoms in total. The van der Waals surface area contributed by atoms with Crippen LogP contribution in [0.1, 0.15) is 37.7 Å². The fourth-order valence-corrected chi connectivity index (χ4v) is 1.91. The van der Waals surface area contributed by atoms with Crippen molar-refractivity contribution in [1.82, 2.24) is 19.6 Å². The van der Waals surface area contributed by atoms with Crippen LogP contribution in [0.5, 0.6) is 0 Å². The largest absolute Gasteiger partial charge is 0.377 e. The molecular formula is C13H21N5. The summed E-state index contributed by atoms with van der Waals surface area (Å²) >= 11 is 0. The van der Waals surface area contributed by atoms with Gasteiger partial charge in [-0.05, 0) is 26.3 Å². The summed E-state index contributed by atoms with van der Waals surface area (Å²) in [7, 11) is 1.95. The molecule has 0 aliphatic rings. The summed E-state index contributed by atoms with van der Waals surface area (Å²) in [5, 5.41) is 12.0. The van der Waals surface area contributed by atoms with Gasteiger partial charge in [-0.2, -0.15) is 10.2 Å². The van der Waals surface area contributed by atoms with Gasteiger partial charge >= 0.3 is 0 Å². The minimum absolute atomic E-state index is 0.437. The van der Waals surface area contributed by atoms with Crippen molar-refractivity contribution in [2.75, 3.05) is 5.32 Å². The first-order valence-corrected chi connectivity index (χ1v) is 6.38. The number of rotatable bonds is 5. The molecule has 0 spiro atoms. The van der Waals surface area contributed by atoms with Gasteiger partial charge in [-0.3, -0.25) is 9.36 Å². The molecule has 0 saturated heterocycles. The standard InChI is InChI=1S/C13H21N5/c1-5-10(2)18-12(6-7-15-18)8-14-13-9-16-17(4)11(13)3/h6-7,9-10,14H,5,8H2,1-4H3/t10-/m1/s1. The van der Waals surface area contributed by atoms with Crippen LogP contribution in [-0.4, -0.2) is 19.6 Å². The molecule has 5 heteroatoms. The molecule has 0 amide bonds. The van der Waals surface area contributed by atoms with E-state index in [4.69, 9.17) is 0 Å². The third-order valence-corrected chi connectivity index (χ3v) is 3.46. The third-order valence-electron chi connectivity index (χ3n) is 3.46. The van der Waals surface area contributed by atoms with Crippen LogP contribution >= 0.6 is 0 Å². The molecule has 0 aromatic carbocycles. The van der Waals surface area contributed by atoms with E-state index in [1.54, 1.807) is 0 Å². The summed E-state index contributed by atoms with van der Waals surface area (Å²) < 4.78 is 3.95. The lowest BCUT2D eigenvalue weighted by Gasteiger charge is -2.14. The van der Waals surface area contributed by atoms with E-state index in [0.29, 0.717) is 6.04 Å². The molecule has 0 fully saturated rings. The molecule has 98 valence electrons. The van der Waals surface area contributed by atoms with Gasteiger partial charge in [0.15, 0.2) is 0 Å². The van der Waals surface area contributed by atoms with E-state index in [0.717, 1.165) is 24.3 Å². The van der Waals surface area contributed by atoms with Gasteiger partial charge in [-0.15, -0.1) is 0 Å². The summed E-state index contributed by atoms with van der Waals surface area (Å²) in [4.78, 5) is 0. The van der Waals surface area contributed by atoms with E-state index in [9.17, 15) is 0 Å². The van der Waals surface area contributed by atoms with Crippen LogP contribution in [0.25, 0.3) is 0 Å². The zero-order chi connectivity index (χ0) is 13.1. The van der Waals surface area contributed by atoms with E-state index in [2.05, 4.69) is 47.0 Å². The van der Waals surface area contributed by atoms with E-state index in [1.165, 1.54) is 5.69 Å². The molecule has 0 bridgehead atoms. The number of hydrogen-bond donors (Lipinski definition) is 1. The van der Waals surface area contributed by atoms with Crippen LogP contribution < -0.4 is 5.32 Å². The number of aromatic nitrogens is 4. The molecule has 2 aromatic heterocycles. The van der Waals surface area contributed by atoms with Crippen LogP contribution in [0.4, 0.5) is 5.69 Å². The highest BCUT2D eigenvalue weighted by atomic mass is 15.3. The van der Waals surface area contributed by atoms with Crippen molar-refractivity contribution in [1.29, 1.82) is 0 Å². The van der Waals surface area contributed by atoms with Gasteiger partial charge in [0.05, 0.1) is 29.8 Å². The smallest absolute Gasteiger partial charge is 0.0759 e. The van der Waals surface area contributed by atoms with Gasteiger partial charge in [0.1, 0.15) is 0 Å². The SMILES string of the molecule is CC[C@@H](C)n1nccc1CNc1cnn(C)c1C. The maximum absolute atomic E-state index is 4.38. The van der Waals surface area contributed by atoms with Gasteiger partial charge in [-0.1, -0.05) is 6.92 Å². The van der Waals surface area contributed by atoms with Crippen molar-refractivity contribution in [2.24, 2.45) is 7.05 Å². The highest BCUT2D eigenvalue weighted by Crippen LogP contribution is 2.16. The molecule has 2 heterocycles. The lowest BCUT2D eigenvalue weighted by Crippen LogP contribution is -2.12. The fraction of sp³-hybridized carbons (Fsp3) is 0.538. The zero-order valence-electron chi connectivity index (χ0n) is 11.5. The molecule has 0 aliphatic heterocycles. The lowest BCUT2D eigenvalue weighted by atomic mass is 10.2. The minimum atomic E-state index is 0.437. The van der Waals surface area contributed by atoms with Crippen molar-refractivity contribution in [3.63, 3.8) is 0 Å². The normalized spacial score (nSPS) is 12.7. The zero-order valence-corrected chi connectivity index (χ0v) is 11.5. The van der Waals surface area contributed by atoms with Gasteiger partial charge in [0.25, 0.3) is 0 Å². The molecule has 0 saturated carbocycles. The van der Waals surface area contributed by atoms with Crippen molar-refractivity contribution in [3.05, 3.63) is 29.8 Å². The van der Waals surface area contributed by atoms with Crippen LogP contribution in [0.3, 0.4) is 0 Å². The number of aryl methyl sites for hydroxylation is 1. The first-order chi connectivity index (χ1) is 8.63. The maximum Gasteiger partial charge on any atom is 0.0759 e. The summed E-state index contributed by atoms with van der Waals surface area (Å²) in [5.74, 6) is 0. The predicted molar refractivity (Wildman–Crippen MR) is 72.5 cm³/mol.